The van der Waals surface area contributed by atoms with E-state index in [9.17, 15) is 0 Å². The number of nitrogens with zero attached hydrogens (tertiary/aromatic N) is 2. The van der Waals surface area contributed by atoms with Crippen molar-refractivity contribution in [1.29, 1.82) is 0 Å². The highest BCUT2D eigenvalue weighted by atomic mass is 16.4. The minimum absolute atomic E-state index is 0.533. The zero-order chi connectivity index (χ0) is 12.8. The van der Waals surface area contributed by atoms with Crippen LogP contribution in [-0.4, -0.2) is 9.97 Å². The van der Waals surface area contributed by atoms with Crippen molar-refractivity contribution < 1.29 is 4.42 Å². The largest absolute Gasteiger partial charge is 0.441 e. The molecule has 0 bridgehead atoms. The maximum atomic E-state index is 5.98. The van der Waals surface area contributed by atoms with Crippen molar-refractivity contribution >= 4 is 0 Å². The van der Waals surface area contributed by atoms with Gasteiger partial charge in [0.15, 0.2) is 0 Å². The van der Waals surface area contributed by atoms with Gasteiger partial charge in [0.05, 0.1) is 5.69 Å². The second-order valence-corrected chi connectivity index (χ2v) is 5.86. The van der Waals surface area contributed by atoms with E-state index in [1.807, 2.05) is 12.3 Å². The number of aromatic nitrogens is 2. The maximum Gasteiger partial charge on any atom is 0.226 e. The Bertz CT molecular complexity index is 613. The highest BCUT2D eigenvalue weighted by Gasteiger charge is 2.27. The summed E-state index contributed by atoms with van der Waals surface area (Å²) in [7, 11) is 0. The van der Waals surface area contributed by atoms with Crippen LogP contribution in [0.1, 0.15) is 61.6 Å². The van der Waals surface area contributed by atoms with Gasteiger partial charge in [0.1, 0.15) is 5.76 Å². The molecule has 0 aromatic carbocycles. The number of hydrogen-bond acceptors (Lipinski definition) is 3. The summed E-state index contributed by atoms with van der Waals surface area (Å²) in [6.45, 7) is 2.24. The summed E-state index contributed by atoms with van der Waals surface area (Å²) in [6, 6.07) is 4.16. The van der Waals surface area contributed by atoms with Crippen LogP contribution in [0.2, 0.25) is 0 Å². The molecule has 0 amide bonds. The van der Waals surface area contributed by atoms with Crippen LogP contribution in [0.5, 0.6) is 0 Å². The van der Waals surface area contributed by atoms with Gasteiger partial charge in [-0.2, -0.15) is 0 Å². The lowest BCUT2D eigenvalue weighted by molar-refractivity contribution is 0.466. The van der Waals surface area contributed by atoms with Gasteiger partial charge in [0.2, 0.25) is 5.89 Å². The summed E-state index contributed by atoms with van der Waals surface area (Å²) in [5, 5.41) is 0. The van der Waals surface area contributed by atoms with Crippen LogP contribution in [0, 0.1) is 0 Å². The lowest BCUT2D eigenvalue weighted by Gasteiger charge is -2.14. The fourth-order valence-electron chi connectivity index (χ4n) is 2.94. The molecule has 2 aliphatic rings. The lowest BCUT2D eigenvalue weighted by Crippen LogP contribution is -2.05. The fourth-order valence-corrected chi connectivity index (χ4v) is 2.94. The molecular formula is C16H18N2O. The lowest BCUT2D eigenvalue weighted by atomic mass is 9.92. The Balaban J connectivity index is 1.73. The van der Waals surface area contributed by atoms with Gasteiger partial charge >= 0.3 is 0 Å². The van der Waals surface area contributed by atoms with Crippen molar-refractivity contribution in [2.24, 2.45) is 0 Å². The molecule has 19 heavy (non-hydrogen) atoms. The zero-order valence-electron chi connectivity index (χ0n) is 11.2. The Labute approximate surface area is 113 Å². The zero-order valence-corrected chi connectivity index (χ0v) is 11.2. The average molecular weight is 254 g/mol. The van der Waals surface area contributed by atoms with E-state index in [4.69, 9.17) is 9.40 Å². The van der Waals surface area contributed by atoms with E-state index in [0.717, 1.165) is 23.6 Å². The molecule has 2 heterocycles. The number of pyridine rings is 1. The topological polar surface area (TPSA) is 38.9 Å². The van der Waals surface area contributed by atoms with Gasteiger partial charge in [-0.15, -0.1) is 0 Å². The molecule has 98 valence electrons. The maximum absolute atomic E-state index is 5.98. The van der Waals surface area contributed by atoms with Gasteiger partial charge in [-0.1, -0.05) is 6.92 Å². The van der Waals surface area contributed by atoms with E-state index < -0.39 is 0 Å². The molecule has 0 N–H and O–H groups in total. The monoisotopic (exact) mass is 254 g/mol. The van der Waals surface area contributed by atoms with Crippen LogP contribution in [0.4, 0.5) is 0 Å². The van der Waals surface area contributed by atoms with Crippen LogP contribution in [-0.2, 0) is 6.42 Å². The molecule has 4 rings (SSSR count). The Morgan fingerprint density at radius 1 is 1.26 bits per heavy atom. The molecule has 0 unspecified atom stereocenters. The number of aryl methyl sites for hydroxylation is 1. The van der Waals surface area contributed by atoms with Crippen molar-refractivity contribution in [2.75, 3.05) is 0 Å². The third-order valence-electron chi connectivity index (χ3n) is 4.26. The van der Waals surface area contributed by atoms with Crippen molar-refractivity contribution in [3.8, 4) is 11.5 Å². The first-order valence-corrected chi connectivity index (χ1v) is 7.27. The first-order chi connectivity index (χ1) is 9.31. The van der Waals surface area contributed by atoms with Gasteiger partial charge in [0, 0.05) is 35.7 Å². The highest BCUT2D eigenvalue weighted by Crippen LogP contribution is 2.40. The number of fused-ring (bicyclic) bond motifs is 1. The van der Waals surface area contributed by atoms with E-state index in [1.54, 1.807) is 0 Å². The van der Waals surface area contributed by atoms with Gasteiger partial charge in [-0.3, -0.25) is 4.98 Å². The molecule has 1 atom stereocenters. The van der Waals surface area contributed by atoms with Crippen LogP contribution < -0.4 is 0 Å². The first-order valence-electron chi connectivity index (χ1n) is 7.27. The predicted molar refractivity (Wildman–Crippen MR) is 73.1 cm³/mol. The molecule has 3 nitrogen and oxygen atoms in total. The SMILES string of the molecule is C[C@H]1CCCc2oc(-c3ccnc(C4CC4)c3)nc21. The summed E-state index contributed by atoms with van der Waals surface area (Å²) in [6.07, 6.45) is 7.91. The summed E-state index contributed by atoms with van der Waals surface area (Å²) >= 11 is 0. The van der Waals surface area contributed by atoms with Crippen LogP contribution in [0.25, 0.3) is 11.5 Å². The Hall–Kier alpha value is -1.64. The van der Waals surface area contributed by atoms with Gasteiger partial charge in [-0.25, -0.2) is 4.98 Å². The van der Waals surface area contributed by atoms with Crippen molar-refractivity contribution in [3.63, 3.8) is 0 Å². The molecule has 0 radical (unpaired) electrons. The van der Waals surface area contributed by atoms with E-state index in [1.165, 1.54) is 37.1 Å². The standard InChI is InChI=1S/C16H18N2O/c1-10-3-2-4-14-15(10)18-16(19-14)12-7-8-17-13(9-12)11-5-6-11/h7-11H,2-6H2,1H3/t10-/m0/s1. The number of oxazole rings is 1. The summed E-state index contributed by atoms with van der Waals surface area (Å²) < 4.78 is 5.98. The van der Waals surface area contributed by atoms with Crippen LogP contribution in [0.15, 0.2) is 22.7 Å². The predicted octanol–water partition coefficient (Wildman–Crippen LogP) is 4.05. The second kappa shape index (κ2) is 4.19. The van der Waals surface area contributed by atoms with E-state index in [0.29, 0.717) is 11.8 Å². The van der Waals surface area contributed by atoms with Crippen molar-refractivity contribution in [3.05, 3.63) is 35.5 Å². The molecule has 0 spiro atoms. The minimum Gasteiger partial charge on any atom is -0.441 e. The quantitative estimate of drug-likeness (QED) is 0.811. The Kier molecular flexibility index (Phi) is 2.47. The molecule has 1 saturated carbocycles. The summed E-state index contributed by atoms with van der Waals surface area (Å²) in [4.78, 5) is 9.18. The smallest absolute Gasteiger partial charge is 0.226 e. The Morgan fingerprint density at radius 2 is 2.16 bits per heavy atom. The van der Waals surface area contributed by atoms with Crippen LogP contribution in [0.3, 0.4) is 0 Å². The van der Waals surface area contributed by atoms with Gasteiger partial charge < -0.3 is 4.42 Å². The molecule has 3 heteroatoms. The molecular weight excluding hydrogens is 236 g/mol. The third-order valence-corrected chi connectivity index (χ3v) is 4.26. The molecule has 2 aromatic heterocycles. The molecule has 1 fully saturated rings. The van der Waals surface area contributed by atoms with Crippen molar-refractivity contribution in [1.82, 2.24) is 9.97 Å². The second-order valence-electron chi connectivity index (χ2n) is 5.86. The third kappa shape index (κ3) is 1.97. The summed E-state index contributed by atoms with van der Waals surface area (Å²) in [5.74, 6) is 3.08. The summed E-state index contributed by atoms with van der Waals surface area (Å²) in [5.41, 5.74) is 3.45. The molecule has 0 aliphatic heterocycles. The average Bonchev–Trinajstić information content (AvgIpc) is 3.19. The van der Waals surface area contributed by atoms with Gasteiger partial charge in [-0.05, 0) is 37.8 Å². The number of hydrogen-bond donors (Lipinski definition) is 0. The highest BCUT2D eigenvalue weighted by molar-refractivity contribution is 5.54. The normalized spacial score (nSPS) is 22.3. The van der Waals surface area contributed by atoms with Crippen molar-refractivity contribution in [2.45, 2.75) is 50.9 Å². The molecule has 2 aromatic rings. The molecule has 0 saturated heterocycles. The van der Waals surface area contributed by atoms with E-state index >= 15 is 0 Å². The minimum atomic E-state index is 0.533. The van der Waals surface area contributed by atoms with E-state index in [-0.39, 0.29) is 0 Å². The first kappa shape index (κ1) is 11.2. The Morgan fingerprint density at radius 3 is 2.95 bits per heavy atom. The molecule has 2 aliphatic carbocycles. The van der Waals surface area contributed by atoms with E-state index in [2.05, 4.69) is 18.0 Å². The van der Waals surface area contributed by atoms with Crippen LogP contribution >= 0.6 is 0 Å². The number of rotatable bonds is 2. The van der Waals surface area contributed by atoms with Gasteiger partial charge in [0.25, 0.3) is 0 Å². The fraction of sp³-hybridized carbons (Fsp3) is 0.500.